The molecular weight excluding hydrogens is 732 g/mol. The van der Waals surface area contributed by atoms with E-state index >= 15 is 0 Å². The summed E-state index contributed by atoms with van der Waals surface area (Å²) in [6.07, 6.45) is 0. The Morgan fingerprint density at radius 1 is 0.328 bits per heavy atom. The number of hydrogen-bond donors (Lipinski definition) is 3. The standard InChI is InChI=1S/C53H47O4P/c1-37-9-31-49(32-10-37)58(48-7-5-4-6-8-48,50-33-11-38(2)12-34-50,51-35-13-39(3)14-36-51)57-47-29-21-43(22-30-47)53(42-19-27-46(56)28-20-42)52(40-15-23-44(54)24-16-40)41-17-25-45(55)26-18-41/h4-36,52-56H,1-3H3. The summed E-state index contributed by atoms with van der Waals surface area (Å²) in [6, 6.07) is 67.8. The molecule has 0 aromatic heterocycles. The number of aromatic hydroxyl groups is 3. The molecule has 0 aliphatic rings. The van der Waals surface area contributed by atoms with Crippen LogP contribution in [-0.2, 0) is 0 Å². The van der Waals surface area contributed by atoms with Gasteiger partial charge in [-0.15, -0.1) is 0 Å². The number of benzene rings is 8. The van der Waals surface area contributed by atoms with Crippen LogP contribution in [0.15, 0.2) is 200 Å². The van der Waals surface area contributed by atoms with Crippen molar-refractivity contribution in [1.29, 1.82) is 0 Å². The molecule has 1 atom stereocenters. The van der Waals surface area contributed by atoms with E-state index in [0.29, 0.717) is 0 Å². The molecule has 0 bridgehead atoms. The number of phenolic OH excluding ortho intramolecular Hbond substituents is 3. The quantitative estimate of drug-likeness (QED) is 0.114. The number of phenols is 3. The van der Waals surface area contributed by atoms with Crippen LogP contribution in [0.5, 0.6) is 23.0 Å². The molecule has 0 saturated heterocycles. The van der Waals surface area contributed by atoms with Crippen molar-refractivity contribution in [2.45, 2.75) is 32.6 Å². The SMILES string of the molecule is Cc1ccc(P(Oc2ccc(C(c3ccc(O)cc3)C(c3ccc(O)cc3)c3ccc(O)cc3)cc2)(c2ccccc2)(c2ccc(C)cc2)c2ccc(C)cc2)cc1. The Bertz CT molecular complexity index is 2440. The van der Waals surface area contributed by atoms with Gasteiger partial charge in [-0.2, -0.15) is 0 Å². The molecule has 0 amide bonds. The molecular formula is C53H47O4P. The number of hydrogen-bond acceptors (Lipinski definition) is 4. The Labute approximate surface area is 341 Å². The summed E-state index contributed by atoms with van der Waals surface area (Å²) in [5.41, 5.74) is 7.53. The van der Waals surface area contributed by atoms with Crippen LogP contribution in [-0.4, -0.2) is 15.3 Å². The van der Waals surface area contributed by atoms with E-state index in [4.69, 9.17) is 4.52 Å². The van der Waals surface area contributed by atoms with Crippen LogP contribution >= 0.6 is 6.83 Å². The van der Waals surface area contributed by atoms with Crippen LogP contribution in [0.25, 0.3) is 0 Å². The van der Waals surface area contributed by atoms with Gasteiger partial charge in [0.15, 0.2) is 0 Å². The fraction of sp³-hybridized carbons (Fsp3) is 0.0943. The van der Waals surface area contributed by atoms with Gasteiger partial charge in [0.25, 0.3) is 0 Å². The maximum absolute atomic E-state index is 10.4. The molecule has 0 spiro atoms. The van der Waals surface area contributed by atoms with Gasteiger partial charge in [0.2, 0.25) is 0 Å². The molecule has 0 aliphatic carbocycles. The molecule has 8 rings (SSSR count). The van der Waals surface area contributed by atoms with Crippen LogP contribution in [0.1, 0.15) is 50.8 Å². The summed E-state index contributed by atoms with van der Waals surface area (Å²) in [4.78, 5) is 0. The van der Waals surface area contributed by atoms with Gasteiger partial charge in [0.1, 0.15) is 0 Å². The third-order valence-corrected chi connectivity index (χ3v) is 17.2. The van der Waals surface area contributed by atoms with Crippen molar-refractivity contribution in [3.05, 3.63) is 239 Å². The topological polar surface area (TPSA) is 69.9 Å². The first-order valence-corrected chi connectivity index (χ1v) is 21.8. The second kappa shape index (κ2) is 15.7. The van der Waals surface area contributed by atoms with Gasteiger partial charge in [-0.25, -0.2) is 0 Å². The van der Waals surface area contributed by atoms with E-state index in [9.17, 15) is 15.3 Å². The molecule has 0 fully saturated rings. The van der Waals surface area contributed by atoms with E-state index in [2.05, 4.69) is 148 Å². The Balaban J connectivity index is 1.37. The zero-order chi connectivity index (χ0) is 40.3. The molecule has 0 radical (unpaired) electrons. The average molecular weight is 779 g/mol. The molecule has 8 aromatic rings. The summed E-state index contributed by atoms with van der Waals surface area (Å²) >= 11 is 0. The van der Waals surface area contributed by atoms with Crippen molar-refractivity contribution < 1.29 is 19.8 Å². The molecule has 4 nitrogen and oxygen atoms in total. The molecule has 5 heteroatoms. The fourth-order valence-corrected chi connectivity index (χ4v) is 14.1. The summed E-state index contributed by atoms with van der Waals surface area (Å²) in [6.45, 7) is 2.32. The van der Waals surface area contributed by atoms with Crippen molar-refractivity contribution in [3.63, 3.8) is 0 Å². The zero-order valence-electron chi connectivity index (χ0n) is 32.9. The Kier molecular flexibility index (Phi) is 10.4. The van der Waals surface area contributed by atoms with Crippen molar-refractivity contribution in [3.8, 4) is 23.0 Å². The second-order valence-electron chi connectivity index (χ2n) is 15.3. The maximum atomic E-state index is 10.4. The van der Waals surface area contributed by atoms with Crippen LogP contribution in [0.2, 0.25) is 0 Å². The summed E-state index contributed by atoms with van der Waals surface area (Å²) < 4.78 is 8.01. The van der Waals surface area contributed by atoms with Gasteiger partial charge in [0, 0.05) is 0 Å². The Morgan fingerprint density at radius 3 is 0.914 bits per heavy atom. The minimum atomic E-state index is -4.03. The van der Waals surface area contributed by atoms with Gasteiger partial charge < -0.3 is 0 Å². The third-order valence-electron chi connectivity index (χ3n) is 11.4. The van der Waals surface area contributed by atoms with E-state index in [1.54, 1.807) is 36.4 Å². The average Bonchev–Trinajstić information content (AvgIpc) is 3.25. The molecule has 58 heavy (non-hydrogen) atoms. The van der Waals surface area contributed by atoms with Gasteiger partial charge in [-0.05, 0) is 0 Å². The third kappa shape index (κ3) is 6.91. The van der Waals surface area contributed by atoms with E-state index in [1.807, 2.05) is 36.4 Å². The first-order valence-electron chi connectivity index (χ1n) is 19.6. The van der Waals surface area contributed by atoms with E-state index in [0.717, 1.165) is 49.2 Å². The van der Waals surface area contributed by atoms with Crippen molar-refractivity contribution in [2.75, 3.05) is 0 Å². The van der Waals surface area contributed by atoms with Crippen LogP contribution in [0.3, 0.4) is 0 Å². The van der Waals surface area contributed by atoms with Crippen LogP contribution in [0, 0.1) is 20.8 Å². The number of aryl methyl sites for hydroxylation is 3. The van der Waals surface area contributed by atoms with E-state index in [-0.39, 0.29) is 29.1 Å². The molecule has 0 heterocycles. The van der Waals surface area contributed by atoms with Crippen molar-refractivity contribution in [2.24, 2.45) is 0 Å². The minimum absolute atomic E-state index is 0.186. The molecule has 0 aliphatic heterocycles. The number of rotatable bonds is 11. The fourth-order valence-electron chi connectivity index (χ4n) is 8.45. The predicted octanol–water partition coefficient (Wildman–Crippen LogP) is 10.8. The Hall–Kier alpha value is -6.61. The predicted molar refractivity (Wildman–Crippen MR) is 241 cm³/mol. The van der Waals surface area contributed by atoms with E-state index in [1.165, 1.54) is 16.7 Å². The van der Waals surface area contributed by atoms with E-state index < -0.39 is 6.83 Å². The molecule has 288 valence electrons. The van der Waals surface area contributed by atoms with Crippen molar-refractivity contribution in [1.82, 2.24) is 0 Å². The monoisotopic (exact) mass is 778 g/mol. The Morgan fingerprint density at radius 2 is 0.603 bits per heavy atom. The normalized spacial score (nSPS) is 12.7. The van der Waals surface area contributed by atoms with Gasteiger partial charge in [-0.3, -0.25) is 0 Å². The second-order valence-corrected chi connectivity index (χ2v) is 19.6. The first kappa shape index (κ1) is 38.3. The summed E-state index contributed by atoms with van der Waals surface area (Å²) in [5.74, 6) is 0.848. The van der Waals surface area contributed by atoms with Gasteiger partial charge in [0.05, 0.1) is 0 Å². The summed E-state index contributed by atoms with van der Waals surface area (Å²) in [7, 11) is 0. The molecule has 1 unspecified atom stereocenters. The molecule has 0 saturated carbocycles. The molecule has 8 aromatic carbocycles. The first-order chi connectivity index (χ1) is 28.1. The van der Waals surface area contributed by atoms with Gasteiger partial charge >= 0.3 is 343 Å². The van der Waals surface area contributed by atoms with Crippen LogP contribution < -0.4 is 25.7 Å². The van der Waals surface area contributed by atoms with Gasteiger partial charge in [-0.1, -0.05) is 0 Å². The van der Waals surface area contributed by atoms with Crippen LogP contribution in [0.4, 0.5) is 0 Å². The van der Waals surface area contributed by atoms with Crippen molar-refractivity contribution >= 4 is 28.0 Å². The molecule has 3 N–H and O–H groups in total. The summed E-state index contributed by atoms with van der Waals surface area (Å²) in [5, 5.41) is 35.3. The zero-order valence-corrected chi connectivity index (χ0v) is 33.8.